The number of piperidine rings is 2. The molecule has 0 saturated carbocycles. The number of imidazole rings is 1. The first-order valence-corrected chi connectivity index (χ1v) is 12.3. The Morgan fingerprint density at radius 3 is 2.45 bits per heavy atom. The quantitative estimate of drug-likeness (QED) is 0.453. The van der Waals surface area contributed by atoms with Gasteiger partial charge in [-0.25, -0.2) is 4.98 Å². The number of aromatic nitrogens is 2. The number of rotatable bonds is 4. The van der Waals surface area contributed by atoms with E-state index in [0.717, 1.165) is 35.7 Å². The second-order valence-corrected chi connectivity index (χ2v) is 9.83. The van der Waals surface area contributed by atoms with Crippen LogP contribution in [0.4, 0.5) is 5.69 Å². The predicted molar refractivity (Wildman–Crippen MR) is 131 cm³/mol. The number of benzene rings is 2. The van der Waals surface area contributed by atoms with Crippen LogP contribution in [0, 0.1) is 0 Å². The summed E-state index contributed by atoms with van der Waals surface area (Å²) >= 11 is 12.6. The van der Waals surface area contributed by atoms with Crippen LogP contribution in [0.1, 0.15) is 50.6 Å². The molecule has 6 heteroatoms. The Labute approximate surface area is 194 Å². The van der Waals surface area contributed by atoms with E-state index in [1.54, 1.807) is 0 Å². The van der Waals surface area contributed by atoms with Gasteiger partial charge in [0.05, 0.1) is 23.4 Å². The van der Waals surface area contributed by atoms with E-state index in [-0.39, 0.29) is 6.04 Å². The van der Waals surface area contributed by atoms with Crippen LogP contribution < -0.4 is 4.90 Å². The molecule has 2 aliphatic heterocycles. The third-order valence-electron chi connectivity index (χ3n) is 7.12. The second kappa shape index (κ2) is 9.01. The fourth-order valence-electron chi connectivity index (χ4n) is 5.28. The first-order chi connectivity index (χ1) is 15.1. The van der Waals surface area contributed by atoms with E-state index in [1.807, 2.05) is 24.5 Å². The normalized spacial score (nSPS) is 19.8. The van der Waals surface area contributed by atoms with Crippen molar-refractivity contribution in [3.05, 3.63) is 58.3 Å². The molecule has 1 unspecified atom stereocenters. The average molecular weight is 457 g/mol. The lowest BCUT2D eigenvalue weighted by Gasteiger charge is -2.41. The highest BCUT2D eigenvalue weighted by molar-refractivity contribution is 6.35. The van der Waals surface area contributed by atoms with E-state index in [1.165, 1.54) is 50.9 Å². The lowest BCUT2D eigenvalue weighted by Crippen LogP contribution is -2.46. The Morgan fingerprint density at radius 2 is 1.71 bits per heavy atom. The van der Waals surface area contributed by atoms with E-state index < -0.39 is 0 Å². The Bertz CT molecular complexity index is 1050. The molecule has 0 bridgehead atoms. The molecule has 5 rings (SSSR count). The average Bonchev–Trinajstić information content (AvgIpc) is 3.23. The lowest BCUT2D eigenvalue weighted by molar-refractivity contribution is 0.141. The first kappa shape index (κ1) is 21.1. The van der Waals surface area contributed by atoms with Gasteiger partial charge in [0.15, 0.2) is 0 Å². The van der Waals surface area contributed by atoms with Crippen LogP contribution in [-0.2, 0) is 0 Å². The van der Waals surface area contributed by atoms with E-state index in [4.69, 9.17) is 23.2 Å². The van der Waals surface area contributed by atoms with Gasteiger partial charge in [-0.2, -0.15) is 0 Å². The molecular formula is C25H30Cl2N4. The fraction of sp³-hybridized carbons (Fsp3) is 0.480. The lowest BCUT2D eigenvalue weighted by atomic mass is 9.99. The van der Waals surface area contributed by atoms with Gasteiger partial charge in [0.1, 0.15) is 0 Å². The van der Waals surface area contributed by atoms with Gasteiger partial charge in [0.2, 0.25) is 0 Å². The molecule has 0 N–H and O–H groups in total. The van der Waals surface area contributed by atoms with Crippen molar-refractivity contribution in [2.75, 3.05) is 31.1 Å². The van der Waals surface area contributed by atoms with Crippen molar-refractivity contribution in [1.29, 1.82) is 0 Å². The summed E-state index contributed by atoms with van der Waals surface area (Å²) in [7, 11) is 0. The Morgan fingerprint density at radius 1 is 0.935 bits per heavy atom. The first-order valence-electron chi connectivity index (χ1n) is 11.5. The zero-order chi connectivity index (χ0) is 21.4. The van der Waals surface area contributed by atoms with Crippen molar-refractivity contribution in [2.24, 2.45) is 0 Å². The molecule has 4 nitrogen and oxygen atoms in total. The van der Waals surface area contributed by atoms with Gasteiger partial charge in [-0.1, -0.05) is 35.7 Å². The number of nitrogens with zero attached hydrogens (tertiary/aromatic N) is 4. The molecule has 2 saturated heterocycles. The Hall–Kier alpha value is -1.75. The standard InChI is InChI=1S/C25H30Cl2N4/c1-18(22-7-5-19(26)15-23(22)27)31-17-28-24-8-6-21(16-25(24)31)30-13-9-20(10-14-30)29-11-3-2-4-12-29/h5-8,15-18,20H,2-4,9-14H2,1H3. The number of hydrogen-bond acceptors (Lipinski definition) is 3. The Kier molecular flexibility index (Phi) is 6.14. The van der Waals surface area contributed by atoms with Crippen LogP contribution in [0.5, 0.6) is 0 Å². The van der Waals surface area contributed by atoms with Gasteiger partial charge in [0.25, 0.3) is 0 Å². The molecule has 2 aromatic carbocycles. The highest BCUT2D eigenvalue weighted by Gasteiger charge is 2.26. The minimum Gasteiger partial charge on any atom is -0.371 e. The topological polar surface area (TPSA) is 24.3 Å². The SMILES string of the molecule is CC(c1ccc(Cl)cc1Cl)n1cnc2ccc(N3CCC(N4CCCCC4)CC3)cc21. The summed E-state index contributed by atoms with van der Waals surface area (Å²) in [6.07, 6.45) is 8.59. The van der Waals surface area contributed by atoms with Crippen LogP contribution in [0.2, 0.25) is 10.0 Å². The van der Waals surface area contributed by atoms with E-state index in [2.05, 4.69) is 44.5 Å². The van der Waals surface area contributed by atoms with Crippen LogP contribution >= 0.6 is 23.2 Å². The molecule has 0 amide bonds. The van der Waals surface area contributed by atoms with Crippen LogP contribution in [-0.4, -0.2) is 46.7 Å². The smallest absolute Gasteiger partial charge is 0.0964 e. The summed E-state index contributed by atoms with van der Waals surface area (Å²) in [4.78, 5) is 9.91. The highest BCUT2D eigenvalue weighted by Crippen LogP contribution is 2.32. The van der Waals surface area contributed by atoms with Crippen molar-refractivity contribution in [3.63, 3.8) is 0 Å². The van der Waals surface area contributed by atoms with Crippen molar-refractivity contribution >= 4 is 39.9 Å². The summed E-state index contributed by atoms with van der Waals surface area (Å²) in [5.41, 5.74) is 4.51. The predicted octanol–water partition coefficient (Wildman–Crippen LogP) is 6.41. The highest BCUT2D eigenvalue weighted by atomic mass is 35.5. The van der Waals surface area contributed by atoms with E-state index in [0.29, 0.717) is 10.0 Å². The molecular weight excluding hydrogens is 427 g/mol. The number of fused-ring (bicyclic) bond motifs is 1. The van der Waals surface area contributed by atoms with Crippen molar-refractivity contribution in [2.45, 2.75) is 51.1 Å². The molecule has 0 radical (unpaired) electrons. The minimum atomic E-state index is 0.0786. The molecule has 3 aromatic rings. The minimum absolute atomic E-state index is 0.0786. The number of likely N-dealkylation sites (tertiary alicyclic amines) is 1. The molecule has 2 fully saturated rings. The molecule has 1 aromatic heterocycles. The molecule has 3 heterocycles. The molecule has 164 valence electrons. The summed E-state index contributed by atoms with van der Waals surface area (Å²) < 4.78 is 2.22. The number of hydrogen-bond donors (Lipinski definition) is 0. The summed E-state index contributed by atoms with van der Waals surface area (Å²) in [6.45, 7) is 6.99. The molecule has 1 atom stereocenters. The van der Waals surface area contributed by atoms with Gasteiger partial charge < -0.3 is 14.4 Å². The zero-order valence-electron chi connectivity index (χ0n) is 18.1. The monoisotopic (exact) mass is 456 g/mol. The summed E-state index contributed by atoms with van der Waals surface area (Å²) in [5.74, 6) is 0. The van der Waals surface area contributed by atoms with E-state index in [9.17, 15) is 0 Å². The zero-order valence-corrected chi connectivity index (χ0v) is 19.6. The maximum Gasteiger partial charge on any atom is 0.0964 e. The summed E-state index contributed by atoms with van der Waals surface area (Å²) in [5, 5.41) is 1.35. The third-order valence-corrected chi connectivity index (χ3v) is 7.69. The number of halogens is 2. The maximum absolute atomic E-state index is 6.49. The fourth-order valence-corrected chi connectivity index (χ4v) is 5.85. The van der Waals surface area contributed by atoms with Gasteiger partial charge >= 0.3 is 0 Å². The molecule has 0 aliphatic carbocycles. The van der Waals surface area contributed by atoms with Gasteiger partial charge in [-0.3, -0.25) is 0 Å². The van der Waals surface area contributed by atoms with Crippen molar-refractivity contribution < 1.29 is 0 Å². The molecule has 31 heavy (non-hydrogen) atoms. The number of anilines is 1. The van der Waals surface area contributed by atoms with E-state index >= 15 is 0 Å². The third kappa shape index (κ3) is 4.30. The molecule has 2 aliphatic rings. The maximum atomic E-state index is 6.49. The van der Waals surface area contributed by atoms with Gasteiger partial charge in [-0.05, 0) is 81.6 Å². The molecule has 0 spiro atoms. The Balaban J connectivity index is 1.35. The van der Waals surface area contributed by atoms with Crippen LogP contribution in [0.3, 0.4) is 0 Å². The van der Waals surface area contributed by atoms with Crippen LogP contribution in [0.25, 0.3) is 11.0 Å². The van der Waals surface area contributed by atoms with Gasteiger partial charge in [-0.15, -0.1) is 0 Å². The van der Waals surface area contributed by atoms with Crippen molar-refractivity contribution in [1.82, 2.24) is 14.5 Å². The largest absolute Gasteiger partial charge is 0.371 e. The van der Waals surface area contributed by atoms with Gasteiger partial charge in [0, 0.05) is 34.9 Å². The van der Waals surface area contributed by atoms with Crippen LogP contribution in [0.15, 0.2) is 42.7 Å². The second-order valence-electron chi connectivity index (χ2n) is 8.98. The van der Waals surface area contributed by atoms with Crippen molar-refractivity contribution in [3.8, 4) is 0 Å². The summed E-state index contributed by atoms with van der Waals surface area (Å²) in [6, 6.07) is 13.2.